The molecule has 2 aromatic rings. The zero-order valence-corrected chi connectivity index (χ0v) is 17.1. The molecule has 9 heteroatoms. The van der Waals surface area contributed by atoms with Crippen molar-refractivity contribution in [1.29, 1.82) is 0 Å². The number of aliphatic carboxylic acids is 1. The Morgan fingerprint density at radius 3 is 2.50 bits per heavy atom. The van der Waals surface area contributed by atoms with E-state index in [4.69, 9.17) is 28.9 Å². The molecule has 1 heterocycles. The average Bonchev–Trinajstić information content (AvgIpc) is 2.61. The third-order valence-electron chi connectivity index (χ3n) is 4.50. The summed E-state index contributed by atoms with van der Waals surface area (Å²) in [5, 5.41) is 16.0. The number of rotatable bonds is 5. The van der Waals surface area contributed by atoms with Crippen molar-refractivity contribution in [2.24, 2.45) is 5.73 Å². The maximum absolute atomic E-state index is 12.7. The Morgan fingerprint density at radius 1 is 1.21 bits per heavy atom. The highest BCUT2D eigenvalue weighted by Crippen LogP contribution is 2.40. The number of halogens is 3. The lowest BCUT2D eigenvalue weighted by Crippen LogP contribution is -2.41. The van der Waals surface area contributed by atoms with Crippen molar-refractivity contribution in [1.82, 2.24) is 5.32 Å². The van der Waals surface area contributed by atoms with Crippen molar-refractivity contribution in [3.8, 4) is 0 Å². The van der Waals surface area contributed by atoms with Gasteiger partial charge >= 0.3 is 5.97 Å². The van der Waals surface area contributed by atoms with Gasteiger partial charge in [-0.15, -0.1) is 12.4 Å². The van der Waals surface area contributed by atoms with Gasteiger partial charge in [0.25, 0.3) is 5.91 Å². The molecule has 0 aliphatic carbocycles. The van der Waals surface area contributed by atoms with E-state index in [1.165, 1.54) is 0 Å². The topological polar surface area (TPSA) is 104 Å². The number of amides is 1. The lowest BCUT2D eigenvalue weighted by Gasteiger charge is -2.32. The molecule has 1 aliphatic rings. The predicted octanol–water partition coefficient (Wildman–Crippen LogP) is 3.66. The number of carbonyl (C=O) groups is 2. The van der Waals surface area contributed by atoms with Gasteiger partial charge in [0.1, 0.15) is 6.04 Å². The lowest BCUT2D eigenvalue weighted by molar-refractivity contribution is -0.138. The molecule has 0 spiro atoms. The van der Waals surface area contributed by atoms with Crippen LogP contribution in [0.3, 0.4) is 0 Å². The molecule has 3 rings (SSSR count). The molecule has 0 bridgehead atoms. The number of fused-ring (bicyclic) bond motifs is 1. The van der Waals surface area contributed by atoms with Gasteiger partial charge in [-0.05, 0) is 42.8 Å². The first-order valence-corrected chi connectivity index (χ1v) is 9.22. The first-order chi connectivity index (χ1) is 12.9. The summed E-state index contributed by atoms with van der Waals surface area (Å²) in [6.45, 7) is 0.537. The normalized spacial score (nSPS) is 17.7. The number of anilines is 1. The zero-order valence-electron chi connectivity index (χ0n) is 14.7. The SMILES string of the molecule is Cl.NCCc1ccc(C(=O)N[C@@H]2C[C@@H](C(=O)O)Nc3cc(Cl)cc(Cl)c32)cc1. The summed E-state index contributed by atoms with van der Waals surface area (Å²) in [5.74, 6) is -1.32. The van der Waals surface area contributed by atoms with Gasteiger partial charge in [0, 0.05) is 33.3 Å². The van der Waals surface area contributed by atoms with Gasteiger partial charge in [-0.2, -0.15) is 0 Å². The number of nitrogens with two attached hydrogens (primary N) is 1. The van der Waals surface area contributed by atoms with Crippen LogP contribution in [-0.2, 0) is 11.2 Å². The van der Waals surface area contributed by atoms with Crippen molar-refractivity contribution in [2.75, 3.05) is 11.9 Å². The quantitative estimate of drug-likeness (QED) is 0.563. The van der Waals surface area contributed by atoms with Gasteiger partial charge in [0.05, 0.1) is 6.04 Å². The highest BCUT2D eigenvalue weighted by molar-refractivity contribution is 6.35. The summed E-state index contributed by atoms with van der Waals surface area (Å²) in [6.07, 6.45) is 0.904. The van der Waals surface area contributed by atoms with Crippen molar-refractivity contribution < 1.29 is 14.7 Å². The molecule has 0 fully saturated rings. The number of carboxylic acids is 1. The fraction of sp³-hybridized carbons (Fsp3) is 0.263. The number of carboxylic acid groups (broad SMARTS) is 1. The standard InChI is InChI=1S/C19H19Cl2N3O3.ClH/c20-12-7-13(21)17-14(8-12)23-16(19(26)27)9-15(17)24-18(25)11-3-1-10(2-4-11)5-6-22;/h1-4,7-8,15-16,23H,5-6,9,22H2,(H,24,25)(H,26,27);1H/t15-,16+;/m1./s1. The third kappa shape index (κ3) is 4.89. The highest BCUT2D eigenvalue weighted by Gasteiger charge is 2.33. The van der Waals surface area contributed by atoms with Crippen LogP contribution in [0.5, 0.6) is 0 Å². The first kappa shape index (κ1) is 22.3. The smallest absolute Gasteiger partial charge is 0.326 e. The molecule has 0 unspecified atom stereocenters. The van der Waals surface area contributed by atoms with Gasteiger partial charge in [0.15, 0.2) is 0 Å². The van der Waals surface area contributed by atoms with Crippen LogP contribution in [-0.4, -0.2) is 29.6 Å². The van der Waals surface area contributed by atoms with Gasteiger partial charge < -0.3 is 21.5 Å². The van der Waals surface area contributed by atoms with Crippen LogP contribution in [0.4, 0.5) is 5.69 Å². The summed E-state index contributed by atoms with van der Waals surface area (Å²) in [6, 6.07) is 8.92. The highest BCUT2D eigenvalue weighted by atomic mass is 35.5. The maximum Gasteiger partial charge on any atom is 0.326 e. The van der Waals surface area contributed by atoms with Crippen LogP contribution in [0.2, 0.25) is 10.0 Å². The minimum Gasteiger partial charge on any atom is -0.480 e. The van der Waals surface area contributed by atoms with E-state index < -0.39 is 18.1 Å². The molecule has 0 radical (unpaired) electrons. The average molecular weight is 445 g/mol. The number of hydrogen-bond acceptors (Lipinski definition) is 4. The van der Waals surface area contributed by atoms with Crippen LogP contribution < -0.4 is 16.4 Å². The summed E-state index contributed by atoms with van der Waals surface area (Å²) in [4.78, 5) is 24.2. The summed E-state index contributed by atoms with van der Waals surface area (Å²) < 4.78 is 0. The molecule has 0 saturated heterocycles. The van der Waals surface area contributed by atoms with Crippen LogP contribution in [0.1, 0.15) is 33.9 Å². The summed E-state index contributed by atoms with van der Waals surface area (Å²) in [5.41, 5.74) is 8.20. The van der Waals surface area contributed by atoms with Crippen LogP contribution >= 0.6 is 35.6 Å². The predicted molar refractivity (Wildman–Crippen MR) is 113 cm³/mol. The third-order valence-corrected chi connectivity index (χ3v) is 5.03. The fourth-order valence-electron chi connectivity index (χ4n) is 3.18. The van der Waals surface area contributed by atoms with Crippen molar-refractivity contribution >= 4 is 53.2 Å². The Hall–Kier alpha value is -1.99. The van der Waals surface area contributed by atoms with E-state index in [1.807, 2.05) is 12.1 Å². The second-order valence-electron chi connectivity index (χ2n) is 6.38. The first-order valence-electron chi connectivity index (χ1n) is 8.47. The Labute approximate surface area is 178 Å². The minimum atomic E-state index is -1.01. The molecule has 0 saturated carbocycles. The Morgan fingerprint density at radius 2 is 1.89 bits per heavy atom. The molecule has 2 atom stereocenters. The molecular weight excluding hydrogens is 425 g/mol. The number of hydrogen-bond donors (Lipinski definition) is 4. The Kier molecular flexibility index (Phi) is 7.55. The number of nitrogens with one attached hydrogen (secondary N) is 2. The van der Waals surface area contributed by atoms with E-state index in [9.17, 15) is 14.7 Å². The van der Waals surface area contributed by atoms with Crippen LogP contribution in [0.15, 0.2) is 36.4 Å². The van der Waals surface area contributed by atoms with Gasteiger partial charge in [-0.3, -0.25) is 4.79 Å². The van der Waals surface area contributed by atoms with E-state index in [1.54, 1.807) is 24.3 Å². The van der Waals surface area contributed by atoms with Crippen LogP contribution in [0, 0.1) is 0 Å². The summed E-state index contributed by atoms with van der Waals surface area (Å²) >= 11 is 12.4. The van der Waals surface area contributed by atoms with E-state index in [0.717, 1.165) is 12.0 Å². The molecule has 6 nitrogen and oxygen atoms in total. The molecular formula is C19H20Cl3N3O3. The Bertz CT molecular complexity index is 875. The molecule has 0 aromatic heterocycles. The molecule has 1 aliphatic heterocycles. The van der Waals surface area contributed by atoms with Crippen molar-refractivity contribution in [2.45, 2.75) is 24.9 Å². The molecule has 5 N–H and O–H groups in total. The van der Waals surface area contributed by atoms with E-state index >= 15 is 0 Å². The Balaban J connectivity index is 0.00000280. The maximum atomic E-state index is 12.7. The van der Waals surface area contributed by atoms with E-state index in [0.29, 0.717) is 33.4 Å². The van der Waals surface area contributed by atoms with E-state index in [-0.39, 0.29) is 24.7 Å². The van der Waals surface area contributed by atoms with Crippen molar-refractivity contribution in [3.63, 3.8) is 0 Å². The lowest BCUT2D eigenvalue weighted by atomic mass is 9.92. The second kappa shape index (κ2) is 9.47. The van der Waals surface area contributed by atoms with Gasteiger partial charge in [0.2, 0.25) is 0 Å². The number of benzene rings is 2. The fourth-order valence-corrected chi connectivity index (χ4v) is 3.81. The molecule has 150 valence electrons. The van der Waals surface area contributed by atoms with Gasteiger partial charge in [-0.1, -0.05) is 35.3 Å². The van der Waals surface area contributed by atoms with Crippen LogP contribution in [0.25, 0.3) is 0 Å². The molecule has 28 heavy (non-hydrogen) atoms. The van der Waals surface area contributed by atoms with Crippen molar-refractivity contribution in [3.05, 3.63) is 63.1 Å². The summed E-state index contributed by atoms with van der Waals surface area (Å²) in [7, 11) is 0. The van der Waals surface area contributed by atoms with E-state index in [2.05, 4.69) is 10.6 Å². The molecule has 2 aromatic carbocycles. The number of carbonyl (C=O) groups excluding carboxylic acids is 1. The zero-order chi connectivity index (χ0) is 19.6. The molecule has 1 amide bonds. The largest absolute Gasteiger partial charge is 0.480 e. The monoisotopic (exact) mass is 443 g/mol. The van der Waals surface area contributed by atoms with Gasteiger partial charge in [-0.25, -0.2) is 4.79 Å². The second-order valence-corrected chi connectivity index (χ2v) is 7.22. The minimum absolute atomic E-state index is 0.